The van der Waals surface area contributed by atoms with Crippen LogP contribution >= 0.6 is 0 Å². The first-order valence-corrected chi connectivity index (χ1v) is 5.19. The van der Waals surface area contributed by atoms with Gasteiger partial charge in [-0.1, -0.05) is 27.7 Å². The highest BCUT2D eigenvalue weighted by atomic mass is 16.5. The van der Waals surface area contributed by atoms with Crippen LogP contribution < -0.4 is 0 Å². The highest BCUT2D eigenvalue weighted by molar-refractivity contribution is 5.76. The molecule has 2 heteroatoms. The molecule has 1 unspecified atom stereocenters. The lowest BCUT2D eigenvalue weighted by molar-refractivity contribution is -0.154. The van der Waals surface area contributed by atoms with Crippen molar-refractivity contribution in [2.45, 2.75) is 48.0 Å². The van der Waals surface area contributed by atoms with E-state index in [-0.39, 0.29) is 16.8 Å². The topological polar surface area (TPSA) is 26.3 Å². The van der Waals surface area contributed by atoms with Gasteiger partial charge in [-0.15, -0.1) is 0 Å². The Hall–Kier alpha value is -0.530. The maximum Gasteiger partial charge on any atom is 0.311 e. The van der Waals surface area contributed by atoms with E-state index in [1.807, 2.05) is 13.8 Å². The van der Waals surface area contributed by atoms with Gasteiger partial charge in [0.05, 0.1) is 12.5 Å². The summed E-state index contributed by atoms with van der Waals surface area (Å²) in [4.78, 5) is 11.5. The molecule has 0 aromatic rings. The summed E-state index contributed by atoms with van der Waals surface area (Å²) < 4.78 is 4.81. The highest BCUT2D eigenvalue weighted by Crippen LogP contribution is 2.36. The molecular formula is C12H24O2. The number of esters is 1. The Morgan fingerprint density at radius 2 is 1.64 bits per heavy atom. The Labute approximate surface area is 88.0 Å². The summed E-state index contributed by atoms with van der Waals surface area (Å²) in [5, 5.41) is 0. The molecule has 0 amide bonds. The number of rotatable bonds is 3. The fourth-order valence-electron chi connectivity index (χ4n) is 1.64. The second-order valence-electron chi connectivity index (χ2n) is 5.88. The van der Waals surface area contributed by atoms with Gasteiger partial charge in [-0.25, -0.2) is 0 Å². The predicted molar refractivity (Wildman–Crippen MR) is 59.0 cm³/mol. The van der Waals surface area contributed by atoms with Crippen LogP contribution in [0.15, 0.2) is 0 Å². The third kappa shape index (κ3) is 3.69. The van der Waals surface area contributed by atoms with Crippen LogP contribution in [0.4, 0.5) is 0 Å². The molecule has 0 saturated carbocycles. The fourth-order valence-corrected chi connectivity index (χ4v) is 1.64. The second kappa shape index (κ2) is 4.33. The quantitative estimate of drug-likeness (QED) is 0.654. The van der Waals surface area contributed by atoms with Crippen LogP contribution in [0.5, 0.6) is 0 Å². The van der Waals surface area contributed by atoms with Gasteiger partial charge >= 0.3 is 5.97 Å². The number of hydrogen-bond donors (Lipinski definition) is 0. The summed E-state index contributed by atoms with van der Waals surface area (Å²) in [6.07, 6.45) is 1.02. The molecule has 0 aromatic heterocycles. The van der Waals surface area contributed by atoms with Crippen molar-refractivity contribution in [2.75, 3.05) is 7.11 Å². The molecule has 84 valence electrons. The number of ether oxygens (including phenoxy) is 1. The number of carbonyl (C=O) groups excluding carboxylic acids is 1. The first kappa shape index (κ1) is 13.5. The van der Waals surface area contributed by atoms with E-state index in [1.54, 1.807) is 0 Å². The summed E-state index contributed by atoms with van der Waals surface area (Å²) in [6.45, 7) is 12.6. The molecule has 0 saturated heterocycles. The van der Waals surface area contributed by atoms with Gasteiger partial charge < -0.3 is 4.74 Å². The van der Waals surface area contributed by atoms with Crippen molar-refractivity contribution in [3.05, 3.63) is 0 Å². The zero-order chi connectivity index (χ0) is 11.6. The largest absolute Gasteiger partial charge is 0.469 e. The number of carbonyl (C=O) groups is 1. The molecule has 0 aromatic carbocycles. The number of methoxy groups -OCH3 is 1. The molecule has 14 heavy (non-hydrogen) atoms. The Morgan fingerprint density at radius 3 is 1.93 bits per heavy atom. The van der Waals surface area contributed by atoms with E-state index in [0.717, 1.165) is 6.42 Å². The lowest BCUT2D eigenvalue weighted by Crippen LogP contribution is -2.34. The van der Waals surface area contributed by atoms with Crippen molar-refractivity contribution >= 4 is 5.97 Å². The molecule has 2 nitrogen and oxygen atoms in total. The molecule has 0 spiro atoms. The van der Waals surface area contributed by atoms with E-state index in [2.05, 4.69) is 27.7 Å². The zero-order valence-electron chi connectivity index (χ0n) is 10.6. The van der Waals surface area contributed by atoms with Crippen LogP contribution in [0, 0.1) is 16.7 Å². The lowest BCUT2D eigenvalue weighted by Gasteiger charge is -2.33. The Bertz CT molecular complexity index is 199. The zero-order valence-corrected chi connectivity index (χ0v) is 10.6. The SMILES string of the molecule is COC(=O)C(C)(C)C(C)CC(C)(C)C. The van der Waals surface area contributed by atoms with Crippen LogP contribution in [0.1, 0.15) is 48.0 Å². The lowest BCUT2D eigenvalue weighted by atomic mass is 9.72. The summed E-state index contributed by atoms with van der Waals surface area (Å²) in [7, 11) is 1.45. The van der Waals surface area contributed by atoms with Gasteiger partial charge in [0.1, 0.15) is 0 Å². The van der Waals surface area contributed by atoms with Gasteiger partial charge in [-0.2, -0.15) is 0 Å². The molecule has 0 fully saturated rings. The molecule has 0 rings (SSSR count). The molecule has 0 heterocycles. The minimum atomic E-state index is -0.387. The van der Waals surface area contributed by atoms with Crippen LogP contribution in [0.2, 0.25) is 0 Å². The van der Waals surface area contributed by atoms with Gasteiger partial charge in [0.25, 0.3) is 0 Å². The maximum absolute atomic E-state index is 11.5. The van der Waals surface area contributed by atoms with Crippen molar-refractivity contribution in [1.82, 2.24) is 0 Å². The average Bonchev–Trinajstić information content (AvgIpc) is 1.99. The van der Waals surface area contributed by atoms with Gasteiger partial charge in [0.2, 0.25) is 0 Å². The highest BCUT2D eigenvalue weighted by Gasteiger charge is 2.36. The monoisotopic (exact) mass is 200 g/mol. The summed E-state index contributed by atoms with van der Waals surface area (Å²) >= 11 is 0. The summed E-state index contributed by atoms with van der Waals surface area (Å²) in [5.74, 6) is 0.212. The first-order valence-electron chi connectivity index (χ1n) is 5.19. The van der Waals surface area contributed by atoms with Crippen LogP contribution in [-0.4, -0.2) is 13.1 Å². The smallest absolute Gasteiger partial charge is 0.311 e. The third-order valence-corrected chi connectivity index (χ3v) is 2.86. The molecule has 0 bridgehead atoms. The average molecular weight is 200 g/mol. The third-order valence-electron chi connectivity index (χ3n) is 2.86. The Kier molecular flexibility index (Phi) is 4.16. The van der Waals surface area contributed by atoms with E-state index < -0.39 is 0 Å². The molecular weight excluding hydrogens is 176 g/mol. The van der Waals surface area contributed by atoms with Crippen LogP contribution in [0.3, 0.4) is 0 Å². The van der Waals surface area contributed by atoms with Gasteiger partial charge in [0, 0.05) is 0 Å². The van der Waals surface area contributed by atoms with Crippen LogP contribution in [0.25, 0.3) is 0 Å². The molecule has 0 aliphatic carbocycles. The van der Waals surface area contributed by atoms with E-state index in [0.29, 0.717) is 5.92 Å². The second-order valence-corrected chi connectivity index (χ2v) is 5.88. The summed E-state index contributed by atoms with van der Waals surface area (Å²) in [6, 6.07) is 0. The van der Waals surface area contributed by atoms with Crippen molar-refractivity contribution in [3.63, 3.8) is 0 Å². The number of hydrogen-bond acceptors (Lipinski definition) is 2. The van der Waals surface area contributed by atoms with Gasteiger partial charge in [-0.3, -0.25) is 4.79 Å². The van der Waals surface area contributed by atoms with Crippen LogP contribution in [-0.2, 0) is 9.53 Å². The fraction of sp³-hybridized carbons (Fsp3) is 0.917. The van der Waals surface area contributed by atoms with Gasteiger partial charge in [-0.05, 0) is 31.6 Å². The molecule has 0 N–H and O–H groups in total. The van der Waals surface area contributed by atoms with Crippen molar-refractivity contribution in [3.8, 4) is 0 Å². The van der Waals surface area contributed by atoms with E-state index >= 15 is 0 Å². The van der Waals surface area contributed by atoms with E-state index in [4.69, 9.17) is 4.74 Å². The van der Waals surface area contributed by atoms with Gasteiger partial charge in [0.15, 0.2) is 0 Å². The van der Waals surface area contributed by atoms with E-state index in [1.165, 1.54) is 7.11 Å². The Balaban J connectivity index is 4.51. The minimum Gasteiger partial charge on any atom is -0.469 e. The Morgan fingerprint density at radius 1 is 1.21 bits per heavy atom. The molecule has 1 atom stereocenters. The molecule has 0 radical (unpaired) electrons. The maximum atomic E-state index is 11.5. The van der Waals surface area contributed by atoms with Crippen molar-refractivity contribution in [1.29, 1.82) is 0 Å². The minimum absolute atomic E-state index is 0.116. The summed E-state index contributed by atoms with van der Waals surface area (Å²) in [5.41, 5.74) is -0.132. The predicted octanol–water partition coefficient (Wildman–Crippen LogP) is 3.26. The molecule has 0 aliphatic rings. The van der Waals surface area contributed by atoms with E-state index in [9.17, 15) is 4.79 Å². The van der Waals surface area contributed by atoms with Crippen molar-refractivity contribution < 1.29 is 9.53 Å². The normalized spacial score (nSPS) is 15.1. The standard InChI is InChI=1S/C12H24O2/c1-9(8-11(2,3)4)12(5,6)10(13)14-7/h9H,8H2,1-7H3. The van der Waals surface area contributed by atoms with Crippen molar-refractivity contribution in [2.24, 2.45) is 16.7 Å². The first-order chi connectivity index (χ1) is 6.11. The molecule has 0 aliphatic heterocycles.